The van der Waals surface area contributed by atoms with E-state index >= 15 is 0 Å². The SMILES string of the molecule is CCC(C)(C)OOOC(C)(C)CC. The van der Waals surface area contributed by atoms with Crippen LogP contribution in [0.3, 0.4) is 0 Å². The maximum absolute atomic E-state index is 5.09. The van der Waals surface area contributed by atoms with Crippen LogP contribution in [0.5, 0.6) is 0 Å². The molecular weight excluding hydrogens is 168 g/mol. The second-order valence-corrected chi connectivity index (χ2v) is 4.46. The molecule has 0 spiro atoms. The Labute approximate surface area is 81.2 Å². The van der Waals surface area contributed by atoms with Crippen LogP contribution in [0, 0.1) is 0 Å². The predicted molar refractivity (Wildman–Crippen MR) is 52.0 cm³/mol. The topological polar surface area (TPSA) is 27.7 Å². The van der Waals surface area contributed by atoms with Gasteiger partial charge in [0.2, 0.25) is 0 Å². The van der Waals surface area contributed by atoms with E-state index in [0.717, 1.165) is 12.8 Å². The molecule has 0 saturated heterocycles. The Morgan fingerprint density at radius 3 is 1.31 bits per heavy atom. The van der Waals surface area contributed by atoms with E-state index < -0.39 is 0 Å². The summed E-state index contributed by atoms with van der Waals surface area (Å²) >= 11 is 0. The second-order valence-electron chi connectivity index (χ2n) is 4.46. The molecule has 0 aromatic heterocycles. The van der Waals surface area contributed by atoms with E-state index in [2.05, 4.69) is 0 Å². The van der Waals surface area contributed by atoms with E-state index in [9.17, 15) is 0 Å². The molecule has 0 rings (SSSR count). The summed E-state index contributed by atoms with van der Waals surface area (Å²) < 4.78 is 0. The standard InChI is InChI=1S/C10H22O3/c1-7-9(3,4)11-13-12-10(5,6)8-2/h7-8H2,1-6H3. The van der Waals surface area contributed by atoms with Crippen molar-refractivity contribution in [3.05, 3.63) is 0 Å². The van der Waals surface area contributed by atoms with Crippen LogP contribution < -0.4 is 0 Å². The molecule has 0 radical (unpaired) electrons. The first-order chi connectivity index (χ1) is 5.83. The molecule has 0 aliphatic rings. The average molecular weight is 190 g/mol. The van der Waals surface area contributed by atoms with Crippen LogP contribution in [-0.2, 0) is 14.8 Å². The number of hydrogen-bond acceptors (Lipinski definition) is 3. The maximum Gasteiger partial charge on any atom is 0.101 e. The minimum Gasteiger partial charge on any atom is -0.200 e. The van der Waals surface area contributed by atoms with Crippen LogP contribution in [0.1, 0.15) is 54.4 Å². The Kier molecular flexibility index (Phi) is 4.89. The monoisotopic (exact) mass is 190 g/mol. The van der Waals surface area contributed by atoms with E-state index in [1.165, 1.54) is 0 Å². The molecule has 0 N–H and O–H groups in total. The molecule has 0 aliphatic carbocycles. The van der Waals surface area contributed by atoms with E-state index in [1.54, 1.807) is 0 Å². The lowest BCUT2D eigenvalue weighted by atomic mass is 10.1. The van der Waals surface area contributed by atoms with Gasteiger partial charge in [-0.05, 0) is 40.5 Å². The van der Waals surface area contributed by atoms with Gasteiger partial charge in [-0.1, -0.05) is 18.9 Å². The highest BCUT2D eigenvalue weighted by Gasteiger charge is 2.21. The van der Waals surface area contributed by atoms with Crippen LogP contribution in [-0.4, -0.2) is 11.2 Å². The fraction of sp³-hybridized carbons (Fsp3) is 1.00. The van der Waals surface area contributed by atoms with Crippen LogP contribution in [0.4, 0.5) is 0 Å². The lowest BCUT2D eigenvalue weighted by molar-refractivity contribution is -0.564. The van der Waals surface area contributed by atoms with Gasteiger partial charge in [-0.3, -0.25) is 0 Å². The van der Waals surface area contributed by atoms with Crippen LogP contribution in [0.15, 0.2) is 0 Å². The highest BCUT2D eigenvalue weighted by atomic mass is 17.5. The lowest BCUT2D eigenvalue weighted by Gasteiger charge is -2.25. The van der Waals surface area contributed by atoms with E-state index in [4.69, 9.17) is 14.8 Å². The molecule has 3 nitrogen and oxygen atoms in total. The molecule has 13 heavy (non-hydrogen) atoms. The molecule has 0 fully saturated rings. The summed E-state index contributed by atoms with van der Waals surface area (Å²) in [6.45, 7) is 11.9. The van der Waals surface area contributed by atoms with Crippen molar-refractivity contribution in [1.82, 2.24) is 0 Å². The Balaban J connectivity index is 3.68. The summed E-state index contributed by atoms with van der Waals surface area (Å²) in [5.41, 5.74) is -0.576. The van der Waals surface area contributed by atoms with Crippen LogP contribution in [0.25, 0.3) is 0 Å². The lowest BCUT2D eigenvalue weighted by Crippen LogP contribution is -2.28. The van der Waals surface area contributed by atoms with E-state index in [1.807, 2.05) is 41.5 Å². The molecule has 0 heterocycles. The number of rotatable bonds is 6. The fourth-order valence-corrected chi connectivity index (χ4v) is 0.319. The van der Waals surface area contributed by atoms with Gasteiger partial charge in [0.15, 0.2) is 0 Å². The van der Waals surface area contributed by atoms with Crippen molar-refractivity contribution in [3.8, 4) is 0 Å². The third kappa shape index (κ3) is 6.02. The van der Waals surface area contributed by atoms with Crippen molar-refractivity contribution >= 4 is 0 Å². The van der Waals surface area contributed by atoms with Gasteiger partial charge in [0.05, 0.1) is 0 Å². The Morgan fingerprint density at radius 1 is 0.769 bits per heavy atom. The zero-order valence-corrected chi connectivity index (χ0v) is 9.64. The van der Waals surface area contributed by atoms with Gasteiger partial charge in [-0.2, -0.15) is 0 Å². The minimum absolute atomic E-state index is 0.288. The Bertz CT molecular complexity index is 125. The minimum atomic E-state index is -0.288. The molecule has 0 aromatic rings. The molecule has 80 valence electrons. The number of hydrogen-bond donors (Lipinski definition) is 0. The summed E-state index contributed by atoms with van der Waals surface area (Å²) in [4.78, 5) is 10.2. The van der Waals surface area contributed by atoms with Crippen LogP contribution >= 0.6 is 0 Å². The van der Waals surface area contributed by atoms with Gasteiger partial charge in [0.1, 0.15) is 11.2 Å². The van der Waals surface area contributed by atoms with Gasteiger partial charge >= 0.3 is 0 Å². The maximum atomic E-state index is 5.09. The largest absolute Gasteiger partial charge is 0.200 e. The highest BCUT2D eigenvalue weighted by Crippen LogP contribution is 2.18. The summed E-state index contributed by atoms with van der Waals surface area (Å²) in [6, 6.07) is 0. The van der Waals surface area contributed by atoms with Crippen molar-refractivity contribution in [2.24, 2.45) is 0 Å². The normalized spacial score (nSPS) is 13.4. The molecule has 0 bridgehead atoms. The highest BCUT2D eigenvalue weighted by molar-refractivity contribution is 4.63. The first-order valence-electron chi connectivity index (χ1n) is 4.86. The van der Waals surface area contributed by atoms with Gasteiger partial charge in [-0.15, -0.1) is 0 Å². The van der Waals surface area contributed by atoms with Crippen molar-refractivity contribution in [1.29, 1.82) is 0 Å². The quantitative estimate of drug-likeness (QED) is 0.475. The first-order valence-corrected chi connectivity index (χ1v) is 4.86. The third-order valence-corrected chi connectivity index (χ3v) is 2.22. The third-order valence-electron chi connectivity index (χ3n) is 2.22. The summed E-state index contributed by atoms with van der Waals surface area (Å²) in [7, 11) is 0. The summed E-state index contributed by atoms with van der Waals surface area (Å²) in [5, 5.41) is 4.74. The smallest absolute Gasteiger partial charge is 0.101 e. The molecule has 0 aliphatic heterocycles. The molecule has 0 saturated carbocycles. The zero-order valence-electron chi connectivity index (χ0n) is 9.64. The average Bonchev–Trinajstić information content (AvgIpc) is 2.04. The molecular formula is C10H22O3. The molecule has 0 atom stereocenters. The summed E-state index contributed by atoms with van der Waals surface area (Å²) in [6.07, 6.45) is 1.76. The molecule has 0 unspecified atom stereocenters. The Hall–Kier alpha value is -0.120. The fourth-order valence-electron chi connectivity index (χ4n) is 0.319. The van der Waals surface area contributed by atoms with E-state index in [-0.39, 0.29) is 11.2 Å². The van der Waals surface area contributed by atoms with Gasteiger partial charge in [0, 0.05) is 0 Å². The van der Waals surface area contributed by atoms with E-state index in [0.29, 0.717) is 0 Å². The van der Waals surface area contributed by atoms with Crippen molar-refractivity contribution < 1.29 is 14.8 Å². The van der Waals surface area contributed by atoms with Crippen molar-refractivity contribution in [2.75, 3.05) is 0 Å². The zero-order chi connectivity index (χ0) is 10.5. The molecule has 3 heteroatoms. The predicted octanol–water partition coefficient (Wildman–Crippen LogP) is 3.24. The Morgan fingerprint density at radius 2 is 1.08 bits per heavy atom. The first kappa shape index (κ1) is 12.9. The second kappa shape index (κ2) is 4.94. The van der Waals surface area contributed by atoms with Crippen molar-refractivity contribution in [3.63, 3.8) is 0 Å². The van der Waals surface area contributed by atoms with Crippen LogP contribution in [0.2, 0.25) is 0 Å². The van der Waals surface area contributed by atoms with Gasteiger partial charge in [-0.25, -0.2) is 9.78 Å². The summed E-state index contributed by atoms with van der Waals surface area (Å²) in [5.74, 6) is 0. The molecule has 0 amide bonds. The van der Waals surface area contributed by atoms with Gasteiger partial charge in [0.25, 0.3) is 0 Å². The molecule has 0 aromatic carbocycles. The van der Waals surface area contributed by atoms with Crippen molar-refractivity contribution in [2.45, 2.75) is 65.6 Å². The van der Waals surface area contributed by atoms with Gasteiger partial charge < -0.3 is 0 Å².